The molecule has 128 valence electrons. The number of benzene rings is 2. The normalized spacial score (nSPS) is 11.0. The summed E-state index contributed by atoms with van der Waals surface area (Å²) in [6.45, 7) is 1.99. The SMILES string of the molecule is Cc1ccc(NN=C(C#N)c2nc(-c3ccc([N+](=O)[O-])cc3)cs2)cc1. The summed E-state index contributed by atoms with van der Waals surface area (Å²) in [5.41, 5.74) is 6.32. The summed E-state index contributed by atoms with van der Waals surface area (Å²) in [4.78, 5) is 14.7. The van der Waals surface area contributed by atoms with E-state index in [-0.39, 0.29) is 11.4 Å². The van der Waals surface area contributed by atoms with Gasteiger partial charge in [-0.3, -0.25) is 15.5 Å². The number of nitriles is 1. The van der Waals surface area contributed by atoms with E-state index in [0.717, 1.165) is 16.8 Å². The number of nitrogens with one attached hydrogen (secondary N) is 1. The van der Waals surface area contributed by atoms with E-state index in [9.17, 15) is 15.4 Å². The maximum atomic E-state index is 10.7. The fourth-order valence-corrected chi connectivity index (χ4v) is 2.90. The molecule has 0 aliphatic heterocycles. The Balaban J connectivity index is 1.80. The number of nitrogens with zero attached hydrogens (tertiary/aromatic N) is 4. The summed E-state index contributed by atoms with van der Waals surface area (Å²) in [7, 11) is 0. The van der Waals surface area contributed by atoms with Crippen LogP contribution in [0.1, 0.15) is 10.6 Å². The van der Waals surface area contributed by atoms with Gasteiger partial charge in [0.05, 0.1) is 16.3 Å². The van der Waals surface area contributed by atoms with E-state index in [4.69, 9.17) is 0 Å². The van der Waals surface area contributed by atoms with E-state index in [1.54, 1.807) is 17.5 Å². The van der Waals surface area contributed by atoms with Crippen LogP contribution in [0, 0.1) is 28.4 Å². The standard InChI is InChI=1S/C18H13N5O2S/c1-12-2-6-14(7-3-12)21-22-16(10-19)18-20-17(11-26-18)13-4-8-15(9-5-13)23(24)25/h2-9,11,21H,1H3. The molecular weight excluding hydrogens is 350 g/mol. The van der Waals surface area contributed by atoms with Gasteiger partial charge in [0.1, 0.15) is 6.07 Å². The van der Waals surface area contributed by atoms with Gasteiger partial charge in [-0.1, -0.05) is 17.7 Å². The summed E-state index contributed by atoms with van der Waals surface area (Å²) < 4.78 is 0. The first-order valence-electron chi connectivity index (χ1n) is 7.58. The molecule has 2 aromatic carbocycles. The zero-order valence-electron chi connectivity index (χ0n) is 13.7. The van der Waals surface area contributed by atoms with Crippen LogP contribution in [0.3, 0.4) is 0 Å². The minimum absolute atomic E-state index is 0.0192. The maximum Gasteiger partial charge on any atom is 0.269 e. The molecule has 1 heterocycles. The van der Waals surface area contributed by atoms with Crippen molar-refractivity contribution in [2.45, 2.75) is 6.92 Å². The van der Waals surface area contributed by atoms with Crippen LogP contribution in [0.15, 0.2) is 59.0 Å². The summed E-state index contributed by atoms with van der Waals surface area (Å²) in [6, 6.07) is 15.8. The van der Waals surface area contributed by atoms with E-state index < -0.39 is 4.92 Å². The molecule has 0 aliphatic rings. The fraction of sp³-hybridized carbons (Fsp3) is 0.0556. The second-order valence-corrected chi connectivity index (χ2v) is 6.25. The summed E-state index contributed by atoms with van der Waals surface area (Å²) in [6.07, 6.45) is 0. The Hall–Kier alpha value is -3.57. The molecule has 3 rings (SSSR count). The Kier molecular flexibility index (Phi) is 5.01. The first-order chi connectivity index (χ1) is 12.6. The summed E-state index contributed by atoms with van der Waals surface area (Å²) >= 11 is 1.29. The molecule has 0 bridgehead atoms. The Labute approximate surface area is 153 Å². The highest BCUT2D eigenvalue weighted by Gasteiger charge is 2.12. The van der Waals surface area contributed by atoms with Gasteiger partial charge in [-0.15, -0.1) is 11.3 Å². The van der Waals surface area contributed by atoms with Crippen LogP contribution in [0.4, 0.5) is 11.4 Å². The Morgan fingerprint density at radius 3 is 2.54 bits per heavy atom. The third-order valence-corrected chi connectivity index (χ3v) is 4.38. The van der Waals surface area contributed by atoms with Gasteiger partial charge in [0.15, 0.2) is 10.7 Å². The lowest BCUT2D eigenvalue weighted by Gasteiger charge is -2.01. The molecule has 0 amide bonds. The van der Waals surface area contributed by atoms with Crippen molar-refractivity contribution in [3.8, 4) is 17.3 Å². The number of aryl methyl sites for hydroxylation is 1. The van der Waals surface area contributed by atoms with E-state index in [0.29, 0.717) is 10.7 Å². The van der Waals surface area contributed by atoms with Crippen LogP contribution in [0.2, 0.25) is 0 Å². The second-order valence-electron chi connectivity index (χ2n) is 5.39. The smallest absolute Gasteiger partial charge is 0.269 e. The van der Waals surface area contributed by atoms with Gasteiger partial charge in [-0.25, -0.2) is 4.98 Å². The number of thiazole rings is 1. The third kappa shape index (κ3) is 3.91. The number of hydrogen-bond donors (Lipinski definition) is 1. The fourth-order valence-electron chi connectivity index (χ4n) is 2.14. The quantitative estimate of drug-likeness (QED) is 0.412. The number of hydrazone groups is 1. The number of aromatic nitrogens is 1. The Morgan fingerprint density at radius 2 is 1.92 bits per heavy atom. The molecule has 0 spiro atoms. The lowest BCUT2D eigenvalue weighted by atomic mass is 10.1. The minimum Gasteiger partial charge on any atom is -0.277 e. The van der Waals surface area contributed by atoms with Crippen LogP contribution in [0.5, 0.6) is 0 Å². The molecule has 26 heavy (non-hydrogen) atoms. The molecule has 0 unspecified atom stereocenters. The lowest BCUT2D eigenvalue weighted by molar-refractivity contribution is -0.384. The number of nitro benzene ring substituents is 1. The number of hydrogen-bond acceptors (Lipinski definition) is 7. The van der Waals surface area contributed by atoms with Crippen molar-refractivity contribution in [1.82, 2.24) is 4.98 Å². The van der Waals surface area contributed by atoms with Crippen LogP contribution < -0.4 is 5.43 Å². The van der Waals surface area contributed by atoms with Gasteiger partial charge in [0.2, 0.25) is 0 Å². The molecule has 1 aromatic heterocycles. The largest absolute Gasteiger partial charge is 0.277 e. The summed E-state index contributed by atoms with van der Waals surface area (Å²) in [5, 5.41) is 26.5. The molecule has 0 saturated carbocycles. The van der Waals surface area contributed by atoms with Crippen molar-refractivity contribution in [3.63, 3.8) is 0 Å². The maximum absolute atomic E-state index is 10.7. The van der Waals surface area contributed by atoms with Crippen LogP contribution in [0.25, 0.3) is 11.3 Å². The minimum atomic E-state index is -0.451. The molecular formula is C18H13N5O2S. The number of nitro groups is 1. The average molecular weight is 363 g/mol. The van der Waals surface area contributed by atoms with Crippen LogP contribution >= 0.6 is 11.3 Å². The van der Waals surface area contributed by atoms with Crippen molar-refractivity contribution >= 4 is 28.4 Å². The van der Waals surface area contributed by atoms with Gasteiger partial charge in [0, 0.05) is 23.1 Å². The number of anilines is 1. The monoisotopic (exact) mass is 363 g/mol. The van der Waals surface area contributed by atoms with Gasteiger partial charge < -0.3 is 0 Å². The van der Waals surface area contributed by atoms with E-state index >= 15 is 0 Å². The van der Waals surface area contributed by atoms with Crippen molar-refractivity contribution < 1.29 is 4.92 Å². The molecule has 7 nitrogen and oxygen atoms in total. The molecule has 0 aliphatic carbocycles. The molecule has 8 heteroatoms. The molecule has 3 aromatic rings. The summed E-state index contributed by atoms with van der Waals surface area (Å²) in [5.74, 6) is 0. The van der Waals surface area contributed by atoms with E-state index in [1.807, 2.05) is 37.3 Å². The zero-order valence-corrected chi connectivity index (χ0v) is 14.5. The van der Waals surface area contributed by atoms with Crippen molar-refractivity contribution in [1.29, 1.82) is 5.26 Å². The zero-order chi connectivity index (χ0) is 18.5. The topological polar surface area (TPSA) is 104 Å². The van der Waals surface area contributed by atoms with Gasteiger partial charge in [-0.2, -0.15) is 10.4 Å². The van der Waals surface area contributed by atoms with E-state index in [2.05, 4.69) is 15.5 Å². The van der Waals surface area contributed by atoms with Gasteiger partial charge in [-0.05, 0) is 31.2 Å². The van der Waals surface area contributed by atoms with Crippen molar-refractivity contribution in [3.05, 3.63) is 74.6 Å². The van der Waals surface area contributed by atoms with Gasteiger partial charge >= 0.3 is 0 Å². The average Bonchev–Trinajstić information content (AvgIpc) is 3.14. The first-order valence-corrected chi connectivity index (χ1v) is 8.46. The molecule has 1 N–H and O–H groups in total. The van der Waals surface area contributed by atoms with E-state index in [1.165, 1.54) is 23.5 Å². The molecule has 0 saturated heterocycles. The second kappa shape index (κ2) is 7.55. The molecule has 0 atom stereocenters. The highest BCUT2D eigenvalue weighted by atomic mass is 32.1. The molecule has 0 fully saturated rings. The predicted octanol–water partition coefficient (Wildman–Crippen LogP) is 4.37. The number of rotatable bonds is 5. The molecule has 0 radical (unpaired) electrons. The third-order valence-electron chi connectivity index (χ3n) is 3.53. The highest BCUT2D eigenvalue weighted by Crippen LogP contribution is 2.24. The highest BCUT2D eigenvalue weighted by molar-refractivity contribution is 7.12. The van der Waals surface area contributed by atoms with Crippen LogP contribution in [-0.4, -0.2) is 15.6 Å². The predicted molar refractivity (Wildman–Crippen MR) is 101 cm³/mol. The van der Waals surface area contributed by atoms with Crippen molar-refractivity contribution in [2.24, 2.45) is 5.10 Å². The van der Waals surface area contributed by atoms with Gasteiger partial charge in [0.25, 0.3) is 5.69 Å². The van der Waals surface area contributed by atoms with Crippen molar-refractivity contribution in [2.75, 3.05) is 5.43 Å². The number of non-ortho nitro benzene ring substituents is 1. The first kappa shape index (κ1) is 17.3. The Bertz CT molecular complexity index is 1000. The Morgan fingerprint density at radius 1 is 1.23 bits per heavy atom. The van der Waals surface area contributed by atoms with Crippen LogP contribution in [-0.2, 0) is 0 Å². The lowest BCUT2D eigenvalue weighted by Crippen LogP contribution is -2.01.